The molecule has 0 aliphatic rings. The van der Waals surface area contributed by atoms with E-state index in [1.165, 1.54) is 0 Å². The molecule has 0 aliphatic carbocycles. The molecule has 0 saturated carbocycles. The van der Waals surface area contributed by atoms with Crippen molar-refractivity contribution in [2.45, 2.75) is 19.4 Å². The minimum Gasteiger partial charge on any atom is -0.493 e. The third kappa shape index (κ3) is 3.93. The molecule has 2 aromatic rings. The van der Waals surface area contributed by atoms with E-state index in [0.29, 0.717) is 29.4 Å². The van der Waals surface area contributed by atoms with Crippen LogP contribution in [0, 0.1) is 6.92 Å². The van der Waals surface area contributed by atoms with Crippen LogP contribution in [0.3, 0.4) is 0 Å². The lowest BCUT2D eigenvalue weighted by molar-refractivity contribution is -0.378. The molecule has 1 N–H and O–H groups in total. The average molecular weight is 337 g/mol. The molecule has 6 heteroatoms. The topological polar surface area (TPSA) is 58.9 Å². The highest BCUT2D eigenvalue weighted by Crippen LogP contribution is 2.33. The molecule has 1 aromatic heterocycles. The van der Waals surface area contributed by atoms with Gasteiger partial charge in [0.2, 0.25) is 0 Å². The molecule has 5 nitrogen and oxygen atoms in total. The van der Waals surface area contributed by atoms with Crippen molar-refractivity contribution < 1.29 is 24.0 Å². The summed E-state index contributed by atoms with van der Waals surface area (Å²) >= 11 is 6.25. The molecule has 1 atom stereocenters. The number of benzene rings is 1. The zero-order valence-electron chi connectivity index (χ0n) is 13.3. The van der Waals surface area contributed by atoms with E-state index in [1.807, 2.05) is 19.2 Å². The molecule has 122 valence electrons. The van der Waals surface area contributed by atoms with Crippen LogP contribution in [0.5, 0.6) is 11.5 Å². The molecule has 23 heavy (non-hydrogen) atoms. The lowest BCUT2D eigenvalue weighted by Crippen LogP contribution is -2.11. The lowest BCUT2D eigenvalue weighted by atomic mass is 9.99. The fourth-order valence-electron chi connectivity index (χ4n) is 2.41. The van der Waals surface area contributed by atoms with Gasteiger partial charge in [0.05, 0.1) is 14.2 Å². The smallest absolute Gasteiger partial charge is 0.293 e. The number of carbonyl (C=O) groups excluding carboxylic acids is 1. The van der Waals surface area contributed by atoms with Gasteiger partial charge in [0.15, 0.2) is 23.9 Å². The first kappa shape index (κ1) is 17.1. The predicted octanol–water partition coefficient (Wildman–Crippen LogP) is 2.94. The number of aromatic amines is 1. The molecule has 0 aliphatic heterocycles. The summed E-state index contributed by atoms with van der Waals surface area (Å²) in [6.45, 7) is 2.39. The summed E-state index contributed by atoms with van der Waals surface area (Å²) in [6, 6.07) is 5.42. The number of H-pyrrole nitrogens is 1. The molecule has 1 unspecified atom stereocenters. The van der Waals surface area contributed by atoms with Gasteiger partial charge in [-0.05, 0) is 30.2 Å². The van der Waals surface area contributed by atoms with Gasteiger partial charge in [0, 0.05) is 12.0 Å². The van der Waals surface area contributed by atoms with Gasteiger partial charge in [0.1, 0.15) is 11.1 Å². The van der Waals surface area contributed by atoms with Gasteiger partial charge in [-0.25, -0.2) is 4.98 Å². The van der Waals surface area contributed by atoms with E-state index in [9.17, 15) is 4.79 Å². The second-order valence-corrected chi connectivity index (χ2v) is 5.41. The van der Waals surface area contributed by atoms with E-state index in [2.05, 4.69) is 4.98 Å². The molecular formula is C17H19ClNO4+. The number of rotatable bonds is 7. The van der Waals surface area contributed by atoms with Crippen LogP contribution in [-0.2, 0) is 16.0 Å². The summed E-state index contributed by atoms with van der Waals surface area (Å²) in [5.74, 6) is 1.19. The molecule has 1 heterocycles. The lowest BCUT2D eigenvalue weighted by Gasteiger charge is -2.18. The summed E-state index contributed by atoms with van der Waals surface area (Å²) < 4.78 is 15.8. The number of hydrogen-bond donors (Lipinski definition) is 0. The quantitative estimate of drug-likeness (QED) is 0.729. The van der Waals surface area contributed by atoms with E-state index >= 15 is 0 Å². The Balaban J connectivity index is 2.37. The van der Waals surface area contributed by atoms with Gasteiger partial charge >= 0.3 is 0 Å². The monoisotopic (exact) mass is 336 g/mol. The largest absolute Gasteiger partial charge is 0.493 e. The Bertz CT molecular complexity index is 670. The molecule has 2 rings (SSSR count). The first-order chi connectivity index (χ1) is 11.1. The Morgan fingerprint density at radius 1 is 1.22 bits per heavy atom. The van der Waals surface area contributed by atoms with Gasteiger partial charge in [-0.15, -0.1) is 0 Å². The van der Waals surface area contributed by atoms with Crippen molar-refractivity contribution in [2.75, 3.05) is 14.2 Å². The Morgan fingerprint density at radius 2 is 1.96 bits per heavy atom. The van der Waals surface area contributed by atoms with Crippen LogP contribution in [0.15, 0.2) is 30.6 Å². The summed E-state index contributed by atoms with van der Waals surface area (Å²) in [6.07, 6.45) is 3.56. The minimum absolute atomic E-state index is 0.444. The second kappa shape index (κ2) is 7.83. The summed E-state index contributed by atoms with van der Waals surface area (Å²) in [7, 11) is 3.13. The molecule has 0 amide bonds. The summed E-state index contributed by atoms with van der Waals surface area (Å²) in [5.41, 5.74) is 2.72. The number of carbonyl (C=O) groups is 1. The van der Waals surface area contributed by atoms with Crippen molar-refractivity contribution in [2.24, 2.45) is 0 Å². The van der Waals surface area contributed by atoms with E-state index in [4.69, 9.17) is 25.8 Å². The van der Waals surface area contributed by atoms with Crippen molar-refractivity contribution in [1.29, 1.82) is 0 Å². The van der Waals surface area contributed by atoms with Crippen molar-refractivity contribution in [3.63, 3.8) is 0 Å². The maximum Gasteiger partial charge on any atom is 0.293 e. The SMILES string of the molecule is COc1ccc(C(Cc2c(C)c[nH+]cc2Cl)OC=O)cc1OC. The Labute approximate surface area is 140 Å². The van der Waals surface area contributed by atoms with Gasteiger partial charge in [-0.2, -0.15) is 0 Å². The highest BCUT2D eigenvalue weighted by Gasteiger charge is 2.20. The second-order valence-electron chi connectivity index (χ2n) is 5.00. The Morgan fingerprint density at radius 3 is 2.57 bits per heavy atom. The molecular weight excluding hydrogens is 318 g/mol. The zero-order valence-corrected chi connectivity index (χ0v) is 14.0. The fourth-order valence-corrected chi connectivity index (χ4v) is 2.70. The van der Waals surface area contributed by atoms with Crippen LogP contribution in [0.25, 0.3) is 0 Å². The minimum atomic E-state index is -0.467. The number of ether oxygens (including phenoxy) is 3. The van der Waals surface area contributed by atoms with E-state index in [1.54, 1.807) is 32.5 Å². The van der Waals surface area contributed by atoms with Crippen LogP contribution >= 0.6 is 11.6 Å². The van der Waals surface area contributed by atoms with Gasteiger partial charge < -0.3 is 14.2 Å². The maximum absolute atomic E-state index is 10.9. The number of hydrogen-bond acceptors (Lipinski definition) is 4. The first-order valence-electron chi connectivity index (χ1n) is 7.06. The Kier molecular flexibility index (Phi) is 5.82. The van der Waals surface area contributed by atoms with Crippen LogP contribution in [0.1, 0.15) is 22.8 Å². The number of aryl methyl sites for hydroxylation is 1. The van der Waals surface area contributed by atoms with Crippen LogP contribution < -0.4 is 14.5 Å². The van der Waals surface area contributed by atoms with E-state index in [-0.39, 0.29) is 0 Å². The number of aromatic nitrogens is 1. The van der Waals surface area contributed by atoms with Crippen molar-refractivity contribution in [3.8, 4) is 11.5 Å². The zero-order chi connectivity index (χ0) is 16.8. The van der Waals surface area contributed by atoms with Gasteiger partial charge in [-0.1, -0.05) is 17.7 Å². The first-order valence-corrected chi connectivity index (χ1v) is 7.44. The van der Waals surface area contributed by atoms with Crippen molar-refractivity contribution in [1.82, 2.24) is 0 Å². The summed E-state index contributed by atoms with van der Waals surface area (Å²) in [4.78, 5) is 13.9. The van der Waals surface area contributed by atoms with Crippen LogP contribution in [-0.4, -0.2) is 20.7 Å². The molecule has 1 aromatic carbocycles. The normalized spacial score (nSPS) is 11.7. The maximum atomic E-state index is 10.9. The summed E-state index contributed by atoms with van der Waals surface area (Å²) in [5, 5.41) is 0.602. The number of pyridine rings is 1. The van der Waals surface area contributed by atoms with Crippen molar-refractivity contribution >= 4 is 18.1 Å². The van der Waals surface area contributed by atoms with E-state index < -0.39 is 6.10 Å². The number of methoxy groups -OCH3 is 2. The van der Waals surface area contributed by atoms with Crippen LogP contribution in [0.4, 0.5) is 0 Å². The molecule has 0 radical (unpaired) electrons. The molecule has 0 fully saturated rings. The predicted molar refractivity (Wildman–Crippen MR) is 85.9 cm³/mol. The third-order valence-corrected chi connectivity index (χ3v) is 4.00. The van der Waals surface area contributed by atoms with E-state index in [0.717, 1.165) is 16.7 Å². The third-order valence-electron chi connectivity index (χ3n) is 3.66. The average Bonchev–Trinajstić information content (AvgIpc) is 2.56. The standard InChI is InChI=1S/C17H18ClNO4/c1-11-8-19-9-14(18)13(11)7-16(23-10-20)12-4-5-15(21-2)17(6-12)22-3/h4-6,8-10,16H,7H2,1-3H3/p+1. The molecule has 0 saturated heterocycles. The Hall–Kier alpha value is -2.27. The molecule has 0 bridgehead atoms. The molecule has 0 spiro atoms. The van der Waals surface area contributed by atoms with Gasteiger partial charge in [0.25, 0.3) is 6.47 Å². The van der Waals surface area contributed by atoms with Gasteiger partial charge in [-0.3, -0.25) is 4.79 Å². The van der Waals surface area contributed by atoms with Crippen LogP contribution in [0.2, 0.25) is 5.02 Å². The number of nitrogens with one attached hydrogen (secondary N) is 1. The highest BCUT2D eigenvalue weighted by molar-refractivity contribution is 6.31. The fraction of sp³-hybridized carbons (Fsp3) is 0.294. The van der Waals surface area contributed by atoms with Crippen molar-refractivity contribution in [3.05, 3.63) is 52.3 Å². The number of halogens is 1. The highest BCUT2D eigenvalue weighted by atomic mass is 35.5.